The van der Waals surface area contributed by atoms with Gasteiger partial charge in [0, 0.05) is 16.6 Å². The van der Waals surface area contributed by atoms with Crippen molar-refractivity contribution in [3.8, 4) is 11.4 Å². The van der Waals surface area contributed by atoms with Gasteiger partial charge >= 0.3 is 0 Å². The van der Waals surface area contributed by atoms with Crippen LogP contribution in [0.1, 0.15) is 27.2 Å². The molecule has 0 saturated carbocycles. The molecule has 0 saturated heterocycles. The number of nitrogens with two attached hydrogens (primary N) is 2. The van der Waals surface area contributed by atoms with E-state index in [1.807, 2.05) is 39.0 Å². The van der Waals surface area contributed by atoms with Crippen LogP contribution < -0.4 is 16.2 Å². The number of pyridine rings is 1. The minimum Gasteiger partial charge on any atom is -0.496 e. The van der Waals surface area contributed by atoms with Crippen molar-refractivity contribution >= 4 is 39.9 Å². The Balaban J connectivity index is 2.30. The first kappa shape index (κ1) is 18.1. The van der Waals surface area contributed by atoms with Crippen LogP contribution >= 0.6 is 11.6 Å². The van der Waals surface area contributed by atoms with Crippen LogP contribution in [0.25, 0.3) is 22.2 Å². The number of primary amides is 1. The van der Waals surface area contributed by atoms with Gasteiger partial charge in [-0.25, -0.2) is 4.52 Å². The summed E-state index contributed by atoms with van der Waals surface area (Å²) in [6.45, 7) is 5.73. The van der Waals surface area contributed by atoms with Crippen molar-refractivity contribution in [2.24, 2.45) is 5.73 Å². The molecule has 9 heteroatoms. The van der Waals surface area contributed by atoms with E-state index < -0.39 is 5.91 Å². The normalized spacial score (nSPS) is 11.5. The summed E-state index contributed by atoms with van der Waals surface area (Å²) in [7, 11) is 1.60. The molecular weight excluding hydrogens is 380 g/mol. The molecule has 1 aromatic carbocycles. The molecule has 0 unspecified atom stereocenters. The first-order valence-electron chi connectivity index (χ1n) is 8.56. The Labute approximate surface area is 165 Å². The Hall–Kier alpha value is -3.26. The van der Waals surface area contributed by atoms with E-state index in [9.17, 15) is 4.79 Å². The third kappa shape index (κ3) is 2.34. The molecule has 4 rings (SSSR count). The lowest BCUT2D eigenvalue weighted by Gasteiger charge is -2.17. The van der Waals surface area contributed by atoms with Crippen molar-refractivity contribution in [2.75, 3.05) is 12.8 Å². The number of hydrogen-bond donors (Lipinski definition) is 2. The molecule has 0 aliphatic carbocycles. The van der Waals surface area contributed by atoms with E-state index in [1.165, 1.54) is 0 Å². The number of hydrogen-bond acceptors (Lipinski definition) is 5. The molecule has 0 atom stereocenters. The molecule has 4 N–H and O–H groups in total. The van der Waals surface area contributed by atoms with E-state index in [2.05, 4.69) is 10.1 Å². The van der Waals surface area contributed by atoms with Crippen molar-refractivity contribution in [3.05, 3.63) is 45.9 Å². The van der Waals surface area contributed by atoms with E-state index in [-0.39, 0.29) is 16.7 Å². The molecule has 1 amide bonds. The number of aryl methyl sites for hydroxylation is 2. The molecule has 3 aromatic heterocycles. The predicted octanol–water partition coefficient (Wildman–Crippen LogP) is 2.94. The first-order valence-corrected chi connectivity index (χ1v) is 8.94. The quantitative estimate of drug-likeness (QED) is 0.550. The van der Waals surface area contributed by atoms with E-state index in [0.717, 1.165) is 22.5 Å². The van der Waals surface area contributed by atoms with Gasteiger partial charge < -0.3 is 16.2 Å². The van der Waals surface area contributed by atoms with Crippen LogP contribution in [-0.4, -0.2) is 32.2 Å². The lowest BCUT2D eigenvalue weighted by Crippen LogP contribution is -2.14. The molecule has 4 aromatic rings. The van der Waals surface area contributed by atoms with Crippen LogP contribution in [0.2, 0.25) is 5.28 Å². The summed E-state index contributed by atoms with van der Waals surface area (Å²) < 4.78 is 8.88. The fourth-order valence-corrected chi connectivity index (χ4v) is 3.96. The molecule has 0 radical (unpaired) electrons. The zero-order valence-electron chi connectivity index (χ0n) is 15.9. The average Bonchev–Trinajstić information content (AvgIpc) is 3.13. The molecule has 0 aliphatic rings. The van der Waals surface area contributed by atoms with Gasteiger partial charge in [0.15, 0.2) is 5.65 Å². The van der Waals surface area contributed by atoms with E-state index >= 15 is 0 Å². The summed E-state index contributed by atoms with van der Waals surface area (Å²) in [4.78, 5) is 16.6. The largest absolute Gasteiger partial charge is 0.496 e. The molecule has 28 heavy (non-hydrogen) atoms. The summed E-state index contributed by atoms with van der Waals surface area (Å²) >= 11 is 6.08. The second-order valence-corrected chi connectivity index (χ2v) is 7.02. The van der Waals surface area contributed by atoms with Crippen LogP contribution in [0.4, 0.5) is 5.82 Å². The lowest BCUT2D eigenvalue weighted by atomic mass is 10.1. The van der Waals surface area contributed by atoms with Gasteiger partial charge in [0.2, 0.25) is 5.28 Å². The van der Waals surface area contributed by atoms with Crippen molar-refractivity contribution in [1.29, 1.82) is 0 Å². The van der Waals surface area contributed by atoms with E-state index in [4.69, 9.17) is 27.8 Å². The van der Waals surface area contributed by atoms with Crippen molar-refractivity contribution < 1.29 is 9.53 Å². The number of halogens is 1. The third-order valence-electron chi connectivity index (χ3n) is 5.00. The number of methoxy groups -OCH3 is 1. The SMILES string of the molecule is COc1ccc(C)c(-n2c(N)c(C(N)=O)c3cc(C)n4nc(Cl)nc4c32)c1C. The third-order valence-corrected chi connectivity index (χ3v) is 5.16. The van der Waals surface area contributed by atoms with Gasteiger partial charge in [-0.15, -0.1) is 5.10 Å². The molecule has 0 bridgehead atoms. The maximum atomic E-state index is 12.3. The Morgan fingerprint density at radius 3 is 2.61 bits per heavy atom. The minimum absolute atomic E-state index is 0.0987. The fourth-order valence-electron chi connectivity index (χ4n) is 3.80. The van der Waals surface area contributed by atoms with Gasteiger partial charge in [-0.3, -0.25) is 9.36 Å². The van der Waals surface area contributed by atoms with Crippen molar-refractivity contribution in [3.63, 3.8) is 0 Å². The predicted molar refractivity (Wildman–Crippen MR) is 109 cm³/mol. The van der Waals surface area contributed by atoms with E-state index in [0.29, 0.717) is 22.3 Å². The van der Waals surface area contributed by atoms with Crippen LogP contribution in [0, 0.1) is 20.8 Å². The minimum atomic E-state index is -0.617. The highest BCUT2D eigenvalue weighted by atomic mass is 35.5. The number of anilines is 1. The topological polar surface area (TPSA) is 113 Å². The Kier molecular flexibility index (Phi) is 3.97. The Morgan fingerprint density at radius 1 is 1.25 bits per heavy atom. The molecule has 0 fully saturated rings. The molecule has 8 nitrogen and oxygen atoms in total. The molecule has 0 aliphatic heterocycles. The summed E-state index contributed by atoms with van der Waals surface area (Å²) in [6.07, 6.45) is 0. The second kappa shape index (κ2) is 6.13. The zero-order valence-corrected chi connectivity index (χ0v) is 16.6. The molecular formula is C19H19ClN6O2. The molecule has 144 valence electrons. The highest BCUT2D eigenvalue weighted by molar-refractivity contribution is 6.28. The number of fused-ring (bicyclic) bond motifs is 3. The van der Waals surface area contributed by atoms with Crippen LogP contribution in [-0.2, 0) is 0 Å². The summed E-state index contributed by atoms with van der Waals surface area (Å²) in [5, 5.41) is 4.93. The molecule has 3 heterocycles. The number of nitrogen functional groups attached to an aromatic ring is 1. The van der Waals surface area contributed by atoms with Gasteiger partial charge in [0.1, 0.15) is 17.1 Å². The van der Waals surface area contributed by atoms with E-state index in [1.54, 1.807) is 16.2 Å². The number of nitrogens with zero attached hydrogens (tertiary/aromatic N) is 4. The smallest absolute Gasteiger partial charge is 0.253 e. The van der Waals surface area contributed by atoms with Crippen LogP contribution in [0.5, 0.6) is 5.75 Å². The summed E-state index contributed by atoms with van der Waals surface area (Å²) in [6, 6.07) is 5.63. The highest BCUT2D eigenvalue weighted by Gasteiger charge is 2.26. The maximum absolute atomic E-state index is 12.3. The number of benzene rings is 1. The number of aromatic nitrogens is 4. The summed E-state index contributed by atoms with van der Waals surface area (Å²) in [5.41, 5.74) is 16.8. The van der Waals surface area contributed by atoms with Gasteiger partial charge in [0.25, 0.3) is 5.91 Å². The van der Waals surface area contributed by atoms with Crippen LogP contribution in [0.3, 0.4) is 0 Å². The second-order valence-electron chi connectivity index (χ2n) is 6.68. The number of rotatable bonds is 3. The summed E-state index contributed by atoms with van der Waals surface area (Å²) in [5.74, 6) is 0.312. The Bertz CT molecular complexity index is 1290. The number of ether oxygens (including phenoxy) is 1. The number of carbonyl (C=O) groups excluding carboxylic acids is 1. The lowest BCUT2D eigenvalue weighted by molar-refractivity contribution is 0.100. The van der Waals surface area contributed by atoms with Crippen molar-refractivity contribution in [2.45, 2.75) is 20.8 Å². The highest BCUT2D eigenvalue weighted by Crippen LogP contribution is 2.38. The van der Waals surface area contributed by atoms with Gasteiger partial charge in [-0.05, 0) is 50.1 Å². The van der Waals surface area contributed by atoms with Crippen molar-refractivity contribution in [1.82, 2.24) is 19.2 Å². The van der Waals surface area contributed by atoms with Gasteiger partial charge in [-0.2, -0.15) is 4.98 Å². The number of amides is 1. The molecule has 0 spiro atoms. The zero-order chi connectivity index (χ0) is 20.3. The Morgan fingerprint density at radius 2 is 1.96 bits per heavy atom. The average molecular weight is 399 g/mol. The standard InChI is InChI=1S/C19H19ClN6O2/c1-8-5-6-12(28-4)10(3)14(8)25-15-11(13(16(25)21)17(22)27)7-9(2)26-18(15)23-19(20)24-26/h5-7H,21H2,1-4H3,(H2,22,27). The first-order chi connectivity index (χ1) is 13.3. The van der Waals surface area contributed by atoms with Gasteiger partial charge in [-0.1, -0.05) is 6.07 Å². The fraction of sp³-hybridized carbons (Fsp3) is 0.211. The number of carbonyl (C=O) groups is 1. The van der Waals surface area contributed by atoms with Crippen LogP contribution in [0.15, 0.2) is 18.2 Å². The van der Waals surface area contributed by atoms with Gasteiger partial charge in [0.05, 0.1) is 18.4 Å². The maximum Gasteiger partial charge on any atom is 0.253 e. The monoisotopic (exact) mass is 398 g/mol.